The Hall–Kier alpha value is -2.44. The van der Waals surface area contributed by atoms with Crippen LogP contribution >= 0.6 is 0 Å². The van der Waals surface area contributed by atoms with Crippen LogP contribution in [0, 0.1) is 6.92 Å². The van der Waals surface area contributed by atoms with Gasteiger partial charge in [0.15, 0.2) is 0 Å². The number of nitrogens with zero attached hydrogens (tertiary/aromatic N) is 5. The minimum Gasteiger partial charge on any atom is -0.353 e. The minimum atomic E-state index is 0.271. The largest absolute Gasteiger partial charge is 0.353 e. The number of piperazine rings is 1. The molecule has 128 valence electrons. The first-order valence-electron chi connectivity index (χ1n) is 8.47. The molecule has 1 amide bonds. The first-order valence-corrected chi connectivity index (χ1v) is 8.47. The Balaban J connectivity index is 1.57. The highest BCUT2D eigenvalue weighted by molar-refractivity contribution is 5.76. The molecule has 0 aromatic carbocycles. The van der Waals surface area contributed by atoms with E-state index in [-0.39, 0.29) is 5.91 Å². The number of carbonyl (C=O) groups is 1. The summed E-state index contributed by atoms with van der Waals surface area (Å²) in [6.07, 6.45) is 4.45. The van der Waals surface area contributed by atoms with Crippen molar-refractivity contribution in [3.63, 3.8) is 0 Å². The SMILES string of the molecule is CCCCC(=O)N1CCN(c2ccc(-c3noc(C)n3)cn2)CC1. The highest BCUT2D eigenvalue weighted by Crippen LogP contribution is 2.19. The molecule has 0 radical (unpaired) electrons. The van der Waals surface area contributed by atoms with Gasteiger partial charge in [-0.25, -0.2) is 4.98 Å². The predicted molar refractivity (Wildman–Crippen MR) is 90.6 cm³/mol. The maximum atomic E-state index is 12.1. The second-order valence-corrected chi connectivity index (χ2v) is 6.01. The summed E-state index contributed by atoms with van der Waals surface area (Å²) in [7, 11) is 0. The molecular weight excluding hydrogens is 306 g/mol. The molecule has 24 heavy (non-hydrogen) atoms. The zero-order valence-corrected chi connectivity index (χ0v) is 14.2. The molecule has 2 aromatic rings. The number of rotatable bonds is 5. The molecule has 0 N–H and O–H groups in total. The number of anilines is 1. The van der Waals surface area contributed by atoms with Gasteiger partial charge in [0, 0.05) is 51.3 Å². The van der Waals surface area contributed by atoms with Crippen molar-refractivity contribution >= 4 is 11.7 Å². The first kappa shape index (κ1) is 16.4. The molecule has 1 aliphatic heterocycles. The molecule has 1 aliphatic rings. The summed E-state index contributed by atoms with van der Waals surface area (Å²) in [5.41, 5.74) is 0.837. The second kappa shape index (κ2) is 7.42. The number of hydrogen-bond donors (Lipinski definition) is 0. The molecule has 7 nitrogen and oxygen atoms in total. The normalized spacial score (nSPS) is 14.9. The molecule has 0 atom stereocenters. The van der Waals surface area contributed by atoms with Gasteiger partial charge in [-0.3, -0.25) is 4.79 Å². The molecule has 0 saturated carbocycles. The van der Waals surface area contributed by atoms with Gasteiger partial charge in [0.25, 0.3) is 0 Å². The van der Waals surface area contributed by atoms with Gasteiger partial charge >= 0.3 is 0 Å². The van der Waals surface area contributed by atoms with Gasteiger partial charge < -0.3 is 14.3 Å². The second-order valence-electron chi connectivity index (χ2n) is 6.01. The van der Waals surface area contributed by atoms with Crippen molar-refractivity contribution in [3.8, 4) is 11.4 Å². The third-order valence-electron chi connectivity index (χ3n) is 4.23. The zero-order chi connectivity index (χ0) is 16.9. The summed E-state index contributed by atoms with van der Waals surface area (Å²) in [6, 6.07) is 3.92. The Bertz CT molecular complexity index is 675. The topological polar surface area (TPSA) is 75.4 Å². The fourth-order valence-corrected chi connectivity index (χ4v) is 2.79. The number of carbonyl (C=O) groups excluding carboxylic acids is 1. The van der Waals surface area contributed by atoms with E-state index in [0.717, 1.165) is 50.4 Å². The van der Waals surface area contributed by atoms with Crippen molar-refractivity contribution in [2.45, 2.75) is 33.1 Å². The third kappa shape index (κ3) is 3.72. The van der Waals surface area contributed by atoms with E-state index in [2.05, 4.69) is 26.9 Å². The average Bonchev–Trinajstić information content (AvgIpc) is 3.06. The lowest BCUT2D eigenvalue weighted by atomic mass is 10.2. The first-order chi connectivity index (χ1) is 11.7. The third-order valence-corrected chi connectivity index (χ3v) is 4.23. The molecule has 2 aromatic heterocycles. The van der Waals surface area contributed by atoms with Gasteiger partial charge in [0.2, 0.25) is 17.6 Å². The lowest BCUT2D eigenvalue weighted by Crippen LogP contribution is -2.49. The summed E-state index contributed by atoms with van der Waals surface area (Å²) >= 11 is 0. The zero-order valence-electron chi connectivity index (χ0n) is 14.2. The Labute approximate surface area is 141 Å². The maximum absolute atomic E-state index is 12.1. The monoisotopic (exact) mass is 329 g/mol. The van der Waals surface area contributed by atoms with Crippen LogP contribution in [0.4, 0.5) is 5.82 Å². The molecule has 1 fully saturated rings. The number of aryl methyl sites for hydroxylation is 1. The highest BCUT2D eigenvalue weighted by Gasteiger charge is 2.21. The molecule has 0 spiro atoms. The van der Waals surface area contributed by atoms with Crippen LogP contribution in [0.5, 0.6) is 0 Å². The van der Waals surface area contributed by atoms with Crippen molar-refractivity contribution < 1.29 is 9.32 Å². The van der Waals surface area contributed by atoms with Crippen molar-refractivity contribution in [3.05, 3.63) is 24.2 Å². The van der Waals surface area contributed by atoms with Crippen LogP contribution in [0.25, 0.3) is 11.4 Å². The van der Waals surface area contributed by atoms with Gasteiger partial charge in [-0.2, -0.15) is 4.98 Å². The van der Waals surface area contributed by atoms with Crippen LogP contribution in [-0.4, -0.2) is 52.1 Å². The molecule has 1 saturated heterocycles. The predicted octanol–water partition coefficient (Wildman–Crippen LogP) is 2.28. The van der Waals surface area contributed by atoms with Crippen LogP contribution < -0.4 is 4.90 Å². The number of pyridine rings is 1. The van der Waals surface area contributed by atoms with E-state index in [1.807, 2.05) is 17.0 Å². The molecule has 3 heterocycles. The van der Waals surface area contributed by atoms with Gasteiger partial charge in [-0.15, -0.1) is 0 Å². The van der Waals surface area contributed by atoms with Crippen LogP contribution in [-0.2, 0) is 4.79 Å². The van der Waals surface area contributed by atoms with Crippen LogP contribution in [0.1, 0.15) is 32.1 Å². The van der Waals surface area contributed by atoms with Crippen LogP contribution in [0.2, 0.25) is 0 Å². The highest BCUT2D eigenvalue weighted by atomic mass is 16.5. The van der Waals surface area contributed by atoms with E-state index >= 15 is 0 Å². The maximum Gasteiger partial charge on any atom is 0.223 e. The molecule has 7 heteroatoms. The lowest BCUT2D eigenvalue weighted by Gasteiger charge is -2.35. The van der Waals surface area contributed by atoms with Crippen molar-refractivity contribution in [2.75, 3.05) is 31.1 Å². The van der Waals surface area contributed by atoms with E-state index in [1.54, 1.807) is 13.1 Å². The fraction of sp³-hybridized carbons (Fsp3) is 0.529. The molecule has 0 bridgehead atoms. The quantitative estimate of drug-likeness (QED) is 0.838. The van der Waals surface area contributed by atoms with E-state index < -0.39 is 0 Å². The van der Waals surface area contributed by atoms with Crippen molar-refractivity contribution in [1.82, 2.24) is 20.0 Å². The van der Waals surface area contributed by atoms with Crippen molar-refractivity contribution in [2.24, 2.45) is 0 Å². The van der Waals surface area contributed by atoms with E-state index in [1.165, 1.54) is 0 Å². The number of amides is 1. The average molecular weight is 329 g/mol. The summed E-state index contributed by atoms with van der Waals surface area (Å²) in [6.45, 7) is 7.01. The molecule has 0 aliphatic carbocycles. The van der Waals surface area contributed by atoms with Crippen molar-refractivity contribution in [1.29, 1.82) is 0 Å². The van der Waals surface area contributed by atoms with Gasteiger partial charge in [0.1, 0.15) is 5.82 Å². The smallest absolute Gasteiger partial charge is 0.223 e. The fourth-order valence-electron chi connectivity index (χ4n) is 2.79. The minimum absolute atomic E-state index is 0.271. The molecule has 3 rings (SSSR count). The molecular formula is C17H23N5O2. The van der Waals surface area contributed by atoms with Gasteiger partial charge in [-0.1, -0.05) is 18.5 Å². The Kier molecular flexibility index (Phi) is 5.08. The standard InChI is InChI=1S/C17H23N5O2/c1-3-4-5-16(23)22-10-8-21(9-11-22)15-7-6-14(12-18-15)17-19-13(2)24-20-17/h6-7,12H,3-5,8-11H2,1-2H3. The number of unbranched alkanes of at least 4 members (excludes halogenated alkanes) is 1. The summed E-state index contributed by atoms with van der Waals surface area (Å²) in [5.74, 6) is 2.28. The Morgan fingerprint density at radius 1 is 1.25 bits per heavy atom. The summed E-state index contributed by atoms with van der Waals surface area (Å²) < 4.78 is 4.99. The van der Waals surface area contributed by atoms with Gasteiger partial charge in [-0.05, 0) is 18.6 Å². The number of aromatic nitrogens is 3. The van der Waals surface area contributed by atoms with Gasteiger partial charge in [0.05, 0.1) is 0 Å². The van der Waals surface area contributed by atoms with Crippen LogP contribution in [0.3, 0.4) is 0 Å². The molecule has 0 unspecified atom stereocenters. The van der Waals surface area contributed by atoms with Crippen LogP contribution in [0.15, 0.2) is 22.9 Å². The lowest BCUT2D eigenvalue weighted by molar-refractivity contribution is -0.131. The Morgan fingerprint density at radius 3 is 2.62 bits per heavy atom. The van der Waals surface area contributed by atoms with E-state index in [9.17, 15) is 4.79 Å². The Morgan fingerprint density at radius 2 is 2.04 bits per heavy atom. The van der Waals surface area contributed by atoms with E-state index in [4.69, 9.17) is 4.52 Å². The van der Waals surface area contributed by atoms with E-state index in [0.29, 0.717) is 18.1 Å². The summed E-state index contributed by atoms with van der Waals surface area (Å²) in [4.78, 5) is 24.9. The summed E-state index contributed by atoms with van der Waals surface area (Å²) in [5, 5.41) is 3.90. The number of hydrogen-bond acceptors (Lipinski definition) is 6.